The summed E-state index contributed by atoms with van der Waals surface area (Å²) in [4.78, 5) is 6.92. The van der Waals surface area contributed by atoms with Gasteiger partial charge < -0.3 is 10.2 Å². The zero-order chi connectivity index (χ0) is 9.54. The van der Waals surface area contributed by atoms with Crippen molar-refractivity contribution >= 4 is 28.4 Å². The first-order valence-electron chi connectivity index (χ1n) is 4.95. The summed E-state index contributed by atoms with van der Waals surface area (Å²) in [6, 6.07) is 5.62. The van der Waals surface area contributed by atoms with Crippen molar-refractivity contribution in [2.24, 2.45) is 0 Å². The third-order valence-electron chi connectivity index (χ3n) is 3.07. The molecule has 0 amide bonds. The standard InChI is InChI=1S/C10H12IN3/c11-7-1-2-10(13-4-7)14-8-3-9(14)6-12-5-8/h1-2,4,8-9,12H,3,5-6H2. The van der Waals surface area contributed by atoms with Gasteiger partial charge in [0.15, 0.2) is 0 Å². The molecule has 3 nitrogen and oxygen atoms in total. The minimum Gasteiger partial charge on any atom is -0.348 e. The summed E-state index contributed by atoms with van der Waals surface area (Å²) in [6.07, 6.45) is 3.28. The van der Waals surface area contributed by atoms with Crippen LogP contribution in [-0.2, 0) is 0 Å². The second-order valence-electron chi connectivity index (χ2n) is 3.94. The van der Waals surface area contributed by atoms with Gasteiger partial charge in [-0.25, -0.2) is 4.98 Å². The lowest BCUT2D eigenvalue weighted by Gasteiger charge is -2.53. The van der Waals surface area contributed by atoms with E-state index in [4.69, 9.17) is 0 Å². The van der Waals surface area contributed by atoms with E-state index >= 15 is 0 Å². The Morgan fingerprint density at radius 2 is 2.14 bits per heavy atom. The number of nitrogens with zero attached hydrogens (tertiary/aromatic N) is 2. The van der Waals surface area contributed by atoms with E-state index in [1.807, 2.05) is 6.20 Å². The van der Waals surface area contributed by atoms with Gasteiger partial charge in [-0.15, -0.1) is 0 Å². The Morgan fingerprint density at radius 3 is 2.71 bits per heavy atom. The fourth-order valence-electron chi connectivity index (χ4n) is 2.38. The number of aromatic nitrogens is 1. The molecule has 2 fully saturated rings. The lowest BCUT2D eigenvalue weighted by atomic mass is 9.89. The minimum atomic E-state index is 0.682. The Kier molecular flexibility index (Phi) is 2.13. The molecule has 0 radical (unpaired) electrons. The van der Waals surface area contributed by atoms with Crippen LogP contribution < -0.4 is 10.2 Å². The van der Waals surface area contributed by atoms with E-state index in [2.05, 4.69) is 49.9 Å². The van der Waals surface area contributed by atoms with Crippen LogP contribution in [0, 0.1) is 3.57 Å². The maximum absolute atomic E-state index is 4.47. The molecule has 2 unspecified atom stereocenters. The van der Waals surface area contributed by atoms with Gasteiger partial charge in [0.25, 0.3) is 0 Å². The first-order chi connectivity index (χ1) is 6.84. The normalized spacial score (nSPS) is 29.9. The smallest absolute Gasteiger partial charge is 0.129 e. The van der Waals surface area contributed by atoms with Crippen molar-refractivity contribution in [3.63, 3.8) is 0 Å². The topological polar surface area (TPSA) is 28.2 Å². The quantitative estimate of drug-likeness (QED) is 0.791. The first-order valence-corrected chi connectivity index (χ1v) is 6.03. The van der Waals surface area contributed by atoms with Crippen LogP contribution in [0.15, 0.2) is 18.3 Å². The van der Waals surface area contributed by atoms with Crippen molar-refractivity contribution in [1.82, 2.24) is 10.3 Å². The van der Waals surface area contributed by atoms with Crippen LogP contribution in [-0.4, -0.2) is 30.2 Å². The second-order valence-corrected chi connectivity index (χ2v) is 5.19. The van der Waals surface area contributed by atoms with Crippen LogP contribution >= 0.6 is 22.6 Å². The van der Waals surface area contributed by atoms with Crippen LogP contribution in [0.4, 0.5) is 5.82 Å². The van der Waals surface area contributed by atoms with Crippen molar-refractivity contribution in [2.45, 2.75) is 18.5 Å². The van der Waals surface area contributed by atoms with Crippen molar-refractivity contribution in [1.29, 1.82) is 0 Å². The van der Waals surface area contributed by atoms with E-state index in [1.54, 1.807) is 0 Å². The van der Waals surface area contributed by atoms with Gasteiger partial charge in [-0.2, -0.15) is 0 Å². The maximum Gasteiger partial charge on any atom is 0.129 e. The molecule has 3 heterocycles. The summed E-state index contributed by atoms with van der Waals surface area (Å²) < 4.78 is 1.20. The molecule has 2 atom stereocenters. The molecule has 1 aromatic heterocycles. The summed E-state index contributed by atoms with van der Waals surface area (Å²) in [5, 5.41) is 3.42. The van der Waals surface area contributed by atoms with Gasteiger partial charge in [-0.05, 0) is 41.1 Å². The number of halogens is 1. The van der Waals surface area contributed by atoms with E-state index in [0.717, 1.165) is 18.9 Å². The molecule has 1 N–H and O–H groups in total. The average Bonchev–Trinajstić information content (AvgIpc) is 2.22. The van der Waals surface area contributed by atoms with Crippen LogP contribution in [0.1, 0.15) is 6.42 Å². The number of pyridine rings is 1. The van der Waals surface area contributed by atoms with Gasteiger partial charge in [-0.1, -0.05) is 0 Å². The van der Waals surface area contributed by atoms with Crippen LogP contribution in [0.3, 0.4) is 0 Å². The van der Waals surface area contributed by atoms with E-state index in [1.165, 1.54) is 9.99 Å². The Hall–Kier alpha value is -0.360. The first kappa shape index (κ1) is 8.91. The SMILES string of the molecule is Ic1ccc(N2C3CNCC2C3)nc1. The Bertz CT molecular complexity index is 324. The number of piperazine rings is 1. The summed E-state index contributed by atoms with van der Waals surface area (Å²) in [6.45, 7) is 2.23. The van der Waals surface area contributed by atoms with Crippen molar-refractivity contribution in [2.75, 3.05) is 18.0 Å². The van der Waals surface area contributed by atoms with E-state index < -0.39 is 0 Å². The van der Waals surface area contributed by atoms with E-state index in [-0.39, 0.29) is 0 Å². The van der Waals surface area contributed by atoms with E-state index in [9.17, 15) is 0 Å². The van der Waals surface area contributed by atoms with Gasteiger partial charge in [0, 0.05) is 34.9 Å². The fourth-order valence-corrected chi connectivity index (χ4v) is 2.70. The molecule has 0 aromatic carbocycles. The number of hydrogen-bond acceptors (Lipinski definition) is 3. The second kappa shape index (κ2) is 3.34. The molecule has 74 valence electrons. The van der Waals surface area contributed by atoms with Gasteiger partial charge in [0.2, 0.25) is 0 Å². The summed E-state index contributed by atoms with van der Waals surface area (Å²) in [5.74, 6) is 1.15. The number of fused-ring (bicyclic) bond motifs is 2. The highest BCUT2D eigenvalue weighted by Gasteiger charge is 2.41. The average molecular weight is 301 g/mol. The predicted octanol–water partition coefficient (Wildman–Crippen LogP) is 1.24. The number of anilines is 1. The molecular formula is C10H12IN3. The highest BCUT2D eigenvalue weighted by atomic mass is 127. The Morgan fingerprint density at radius 1 is 1.36 bits per heavy atom. The molecule has 4 heteroatoms. The monoisotopic (exact) mass is 301 g/mol. The van der Waals surface area contributed by atoms with Crippen LogP contribution in [0.25, 0.3) is 0 Å². The molecule has 2 aliphatic heterocycles. The maximum atomic E-state index is 4.47. The third-order valence-corrected chi connectivity index (χ3v) is 3.71. The van der Waals surface area contributed by atoms with Crippen molar-refractivity contribution < 1.29 is 0 Å². The highest BCUT2D eigenvalue weighted by Crippen LogP contribution is 2.32. The van der Waals surface area contributed by atoms with Gasteiger partial charge in [0.1, 0.15) is 5.82 Å². The molecule has 0 aliphatic carbocycles. The molecule has 14 heavy (non-hydrogen) atoms. The zero-order valence-corrected chi connectivity index (χ0v) is 9.94. The molecule has 3 rings (SSSR count). The van der Waals surface area contributed by atoms with Gasteiger partial charge >= 0.3 is 0 Å². The zero-order valence-electron chi connectivity index (χ0n) is 7.78. The molecule has 2 saturated heterocycles. The number of piperidine rings is 1. The van der Waals surface area contributed by atoms with Gasteiger partial charge in [-0.3, -0.25) is 0 Å². The van der Waals surface area contributed by atoms with Gasteiger partial charge in [0.05, 0.1) is 0 Å². The predicted molar refractivity (Wildman–Crippen MR) is 64.5 cm³/mol. The molecule has 0 spiro atoms. The number of hydrogen-bond donors (Lipinski definition) is 1. The largest absolute Gasteiger partial charge is 0.348 e. The third kappa shape index (κ3) is 1.32. The van der Waals surface area contributed by atoms with Crippen LogP contribution in [0.5, 0.6) is 0 Å². The number of rotatable bonds is 1. The van der Waals surface area contributed by atoms with Crippen LogP contribution in [0.2, 0.25) is 0 Å². The van der Waals surface area contributed by atoms with Crippen molar-refractivity contribution in [3.8, 4) is 0 Å². The molecule has 1 aromatic rings. The Labute approximate surface area is 97.0 Å². The molecule has 2 bridgehead atoms. The van der Waals surface area contributed by atoms with E-state index in [0.29, 0.717) is 12.1 Å². The summed E-state index contributed by atoms with van der Waals surface area (Å²) in [7, 11) is 0. The number of nitrogens with one attached hydrogen (secondary N) is 1. The molecule has 2 aliphatic rings. The lowest BCUT2D eigenvalue weighted by Crippen LogP contribution is -2.68. The fraction of sp³-hybridized carbons (Fsp3) is 0.500. The minimum absolute atomic E-state index is 0.682. The highest BCUT2D eigenvalue weighted by molar-refractivity contribution is 14.1. The van der Waals surface area contributed by atoms with Crippen molar-refractivity contribution in [3.05, 3.63) is 21.9 Å². The Balaban J connectivity index is 1.86. The lowest BCUT2D eigenvalue weighted by molar-refractivity contribution is 0.260. The molecular weight excluding hydrogens is 289 g/mol. The molecule has 0 saturated carbocycles. The summed E-state index contributed by atoms with van der Waals surface area (Å²) in [5.41, 5.74) is 0. The summed E-state index contributed by atoms with van der Waals surface area (Å²) >= 11 is 2.29.